The van der Waals surface area contributed by atoms with Gasteiger partial charge in [-0.1, -0.05) is 12.1 Å². The van der Waals surface area contributed by atoms with Gasteiger partial charge in [0, 0.05) is 6.07 Å². The number of carbonyl (C=O) groups is 1. The first-order valence-electron chi connectivity index (χ1n) is 6.84. The first-order valence-corrected chi connectivity index (χ1v) is 6.84. The molecule has 1 atom stereocenters. The molecule has 0 radical (unpaired) electrons. The molecule has 0 spiro atoms. The summed E-state index contributed by atoms with van der Waals surface area (Å²) in [4.78, 5) is 12.2. The lowest BCUT2D eigenvalue weighted by Gasteiger charge is -2.26. The van der Waals surface area contributed by atoms with E-state index < -0.39 is 17.8 Å². The van der Waals surface area contributed by atoms with Gasteiger partial charge in [0.2, 0.25) is 0 Å². The Hall–Kier alpha value is -2.76. The second-order valence-electron chi connectivity index (χ2n) is 5.09. The minimum Gasteiger partial charge on any atom is -0.508 e. The number of halogens is 1. The molecule has 1 aliphatic heterocycles. The molecule has 2 aromatic rings. The molecule has 5 nitrogen and oxygen atoms in total. The van der Waals surface area contributed by atoms with Crippen LogP contribution in [0.2, 0.25) is 0 Å². The quantitative estimate of drug-likeness (QED) is 0.797. The van der Waals surface area contributed by atoms with E-state index in [9.17, 15) is 14.3 Å². The van der Waals surface area contributed by atoms with Crippen molar-refractivity contribution in [3.63, 3.8) is 0 Å². The van der Waals surface area contributed by atoms with Gasteiger partial charge in [0.05, 0.1) is 17.9 Å². The third kappa shape index (κ3) is 2.67. The van der Waals surface area contributed by atoms with Gasteiger partial charge in [0.15, 0.2) is 6.10 Å². The van der Waals surface area contributed by atoms with E-state index in [4.69, 9.17) is 4.74 Å². The Morgan fingerprint density at radius 1 is 1.41 bits per heavy atom. The van der Waals surface area contributed by atoms with Crippen molar-refractivity contribution in [2.75, 3.05) is 17.2 Å². The van der Waals surface area contributed by atoms with E-state index in [-0.39, 0.29) is 18.0 Å². The predicted octanol–water partition coefficient (Wildman–Crippen LogP) is 2.65. The number of amides is 1. The van der Waals surface area contributed by atoms with Crippen molar-refractivity contribution in [3.05, 3.63) is 47.8 Å². The smallest absolute Gasteiger partial charge is 0.267 e. The molecule has 0 unspecified atom stereocenters. The summed E-state index contributed by atoms with van der Waals surface area (Å²) in [5.74, 6) is -0.595. The van der Waals surface area contributed by atoms with Crippen molar-refractivity contribution < 1.29 is 19.0 Å². The Kier molecular flexibility index (Phi) is 3.58. The zero-order chi connectivity index (χ0) is 15.7. The number of phenols is 1. The van der Waals surface area contributed by atoms with Crippen molar-refractivity contribution in [2.45, 2.75) is 13.0 Å². The van der Waals surface area contributed by atoms with Gasteiger partial charge in [-0.3, -0.25) is 4.79 Å². The maximum atomic E-state index is 13.8. The predicted molar refractivity (Wildman–Crippen MR) is 80.8 cm³/mol. The van der Waals surface area contributed by atoms with Crippen LogP contribution in [-0.4, -0.2) is 23.7 Å². The van der Waals surface area contributed by atoms with E-state index in [0.29, 0.717) is 11.3 Å². The molecule has 0 saturated heterocycles. The van der Waals surface area contributed by atoms with E-state index in [2.05, 4.69) is 10.6 Å². The SMILES string of the molecule is Cc1cc(F)c(NC(=O)[C@@H]2CNc3ccccc3O2)cc1O. The van der Waals surface area contributed by atoms with E-state index in [1.54, 1.807) is 19.1 Å². The number of hydrogen-bond donors (Lipinski definition) is 3. The number of anilines is 2. The molecule has 0 fully saturated rings. The Morgan fingerprint density at radius 3 is 3.00 bits per heavy atom. The molecule has 0 bridgehead atoms. The fourth-order valence-electron chi connectivity index (χ4n) is 2.23. The molecule has 22 heavy (non-hydrogen) atoms. The van der Waals surface area contributed by atoms with Crippen LogP contribution in [0.5, 0.6) is 11.5 Å². The monoisotopic (exact) mass is 302 g/mol. The van der Waals surface area contributed by atoms with Crippen LogP contribution in [0.3, 0.4) is 0 Å². The summed E-state index contributed by atoms with van der Waals surface area (Å²) in [6.45, 7) is 1.86. The summed E-state index contributed by atoms with van der Waals surface area (Å²) in [5, 5.41) is 15.1. The van der Waals surface area contributed by atoms with Crippen LogP contribution in [0.25, 0.3) is 0 Å². The van der Waals surface area contributed by atoms with Gasteiger partial charge >= 0.3 is 0 Å². The van der Waals surface area contributed by atoms with Gasteiger partial charge in [0.1, 0.15) is 17.3 Å². The number of para-hydroxylation sites is 2. The highest BCUT2D eigenvalue weighted by Gasteiger charge is 2.26. The molecule has 0 saturated carbocycles. The van der Waals surface area contributed by atoms with Gasteiger partial charge in [0.25, 0.3) is 5.91 Å². The lowest BCUT2D eigenvalue weighted by atomic mass is 10.1. The van der Waals surface area contributed by atoms with Crippen LogP contribution < -0.4 is 15.4 Å². The Labute approximate surface area is 126 Å². The number of carbonyl (C=O) groups excluding carboxylic acids is 1. The molecule has 1 heterocycles. The third-order valence-corrected chi connectivity index (χ3v) is 3.47. The number of aromatic hydroxyl groups is 1. The van der Waals surface area contributed by atoms with Crippen LogP contribution in [-0.2, 0) is 4.79 Å². The van der Waals surface area contributed by atoms with Crippen LogP contribution in [0.1, 0.15) is 5.56 Å². The normalized spacial score (nSPS) is 16.2. The highest BCUT2D eigenvalue weighted by molar-refractivity contribution is 5.95. The van der Waals surface area contributed by atoms with Gasteiger partial charge in [-0.05, 0) is 30.7 Å². The second kappa shape index (κ2) is 5.55. The minimum absolute atomic E-state index is 0.0736. The maximum Gasteiger partial charge on any atom is 0.267 e. The van der Waals surface area contributed by atoms with E-state index >= 15 is 0 Å². The number of nitrogens with one attached hydrogen (secondary N) is 2. The number of hydrogen-bond acceptors (Lipinski definition) is 4. The maximum absolute atomic E-state index is 13.8. The highest BCUT2D eigenvalue weighted by atomic mass is 19.1. The number of benzene rings is 2. The van der Waals surface area contributed by atoms with Gasteiger partial charge in [-0.15, -0.1) is 0 Å². The van der Waals surface area contributed by atoms with Gasteiger partial charge in [-0.2, -0.15) is 0 Å². The largest absolute Gasteiger partial charge is 0.508 e. The molecular weight excluding hydrogens is 287 g/mol. The number of fused-ring (bicyclic) bond motifs is 1. The van der Waals surface area contributed by atoms with Crippen molar-refractivity contribution >= 4 is 17.3 Å². The summed E-state index contributed by atoms with van der Waals surface area (Å²) in [7, 11) is 0. The molecule has 0 aromatic heterocycles. The lowest BCUT2D eigenvalue weighted by Crippen LogP contribution is -2.41. The number of aryl methyl sites for hydroxylation is 1. The average molecular weight is 302 g/mol. The lowest BCUT2D eigenvalue weighted by molar-refractivity contribution is -0.122. The standard InChI is InChI=1S/C16H15FN2O3/c1-9-6-10(17)12(7-13(9)20)19-16(21)15-8-18-11-4-2-3-5-14(11)22-15/h2-7,15,18,20H,8H2,1H3,(H,19,21)/t15-/m0/s1. The summed E-state index contributed by atoms with van der Waals surface area (Å²) in [6.07, 6.45) is -0.780. The number of ether oxygens (including phenoxy) is 1. The molecule has 1 amide bonds. The molecule has 1 aliphatic rings. The Bertz CT molecular complexity index is 733. The molecule has 0 aliphatic carbocycles. The summed E-state index contributed by atoms with van der Waals surface area (Å²) in [6, 6.07) is 9.62. The van der Waals surface area contributed by atoms with Gasteiger partial charge < -0.3 is 20.5 Å². The molecule has 3 rings (SSSR count). The Balaban J connectivity index is 1.75. The molecule has 2 aromatic carbocycles. The zero-order valence-corrected chi connectivity index (χ0v) is 11.9. The van der Waals surface area contributed by atoms with E-state index in [1.165, 1.54) is 12.1 Å². The first kappa shape index (κ1) is 14.2. The fraction of sp³-hybridized carbons (Fsp3) is 0.188. The molecule has 3 N–H and O–H groups in total. The molecule has 6 heteroatoms. The number of phenolic OH excluding ortho intramolecular Hbond substituents is 1. The summed E-state index contributed by atoms with van der Waals surface area (Å²) >= 11 is 0. The van der Waals surface area contributed by atoms with Gasteiger partial charge in [-0.25, -0.2) is 4.39 Å². The topological polar surface area (TPSA) is 70.6 Å². The minimum atomic E-state index is -0.780. The van der Waals surface area contributed by atoms with Crippen LogP contribution in [0, 0.1) is 12.7 Å². The van der Waals surface area contributed by atoms with Crippen molar-refractivity contribution in [1.82, 2.24) is 0 Å². The summed E-state index contributed by atoms with van der Waals surface area (Å²) in [5.41, 5.74) is 1.14. The van der Waals surface area contributed by atoms with E-state index in [0.717, 1.165) is 5.69 Å². The van der Waals surface area contributed by atoms with Crippen molar-refractivity contribution in [1.29, 1.82) is 0 Å². The van der Waals surface area contributed by atoms with Crippen LogP contribution in [0.4, 0.5) is 15.8 Å². The summed E-state index contributed by atoms with van der Waals surface area (Å²) < 4.78 is 19.4. The van der Waals surface area contributed by atoms with Crippen LogP contribution in [0.15, 0.2) is 36.4 Å². The van der Waals surface area contributed by atoms with E-state index in [1.807, 2.05) is 12.1 Å². The molecule has 114 valence electrons. The molecular formula is C16H15FN2O3. The van der Waals surface area contributed by atoms with Crippen LogP contribution >= 0.6 is 0 Å². The fourth-order valence-corrected chi connectivity index (χ4v) is 2.23. The highest BCUT2D eigenvalue weighted by Crippen LogP contribution is 2.29. The zero-order valence-electron chi connectivity index (χ0n) is 11.9. The van der Waals surface area contributed by atoms with Crippen molar-refractivity contribution in [3.8, 4) is 11.5 Å². The average Bonchev–Trinajstić information content (AvgIpc) is 2.52. The van der Waals surface area contributed by atoms with Crippen molar-refractivity contribution in [2.24, 2.45) is 0 Å². The Morgan fingerprint density at radius 2 is 2.18 bits per heavy atom. The second-order valence-corrected chi connectivity index (χ2v) is 5.09. The number of rotatable bonds is 2. The third-order valence-electron chi connectivity index (χ3n) is 3.47. The first-order chi connectivity index (χ1) is 10.5.